The Hall–Kier alpha value is 0.300. The summed E-state index contributed by atoms with van der Waals surface area (Å²) in [6.07, 6.45) is 0.948. The van der Waals surface area contributed by atoms with E-state index in [1.165, 1.54) is 0 Å². The summed E-state index contributed by atoms with van der Waals surface area (Å²) in [5.74, 6) is 0. The van der Waals surface area contributed by atoms with E-state index in [4.69, 9.17) is 9.05 Å². The summed E-state index contributed by atoms with van der Waals surface area (Å²) in [5, 5.41) is 0. The topological polar surface area (TPSA) is 59.1 Å². The average molecular weight is 354 g/mol. The molecule has 22 heavy (non-hydrogen) atoms. The zero-order valence-corrected chi connectivity index (χ0v) is 16.6. The van der Waals surface area contributed by atoms with E-state index in [1.807, 2.05) is 27.7 Å². The van der Waals surface area contributed by atoms with Crippen molar-refractivity contribution in [1.82, 2.24) is 9.80 Å². The van der Waals surface area contributed by atoms with E-state index in [0.717, 1.165) is 26.2 Å². The monoisotopic (exact) mass is 354 g/mol. The van der Waals surface area contributed by atoms with Crippen molar-refractivity contribution < 1.29 is 18.2 Å². The van der Waals surface area contributed by atoms with Gasteiger partial charge in [0, 0.05) is 39.5 Å². The van der Waals surface area contributed by atoms with Gasteiger partial charge in [-0.1, -0.05) is 0 Å². The van der Waals surface area contributed by atoms with Gasteiger partial charge in [0.25, 0.3) is 0 Å². The van der Waals surface area contributed by atoms with Crippen molar-refractivity contribution in [2.24, 2.45) is 0 Å². The molecule has 1 heterocycles. The van der Waals surface area contributed by atoms with Crippen molar-refractivity contribution in [3.05, 3.63) is 0 Å². The van der Waals surface area contributed by atoms with E-state index in [-0.39, 0.29) is 12.2 Å². The second kappa shape index (κ2) is 8.41. The Labute approximate surface area is 135 Å². The summed E-state index contributed by atoms with van der Waals surface area (Å²) < 4.78 is 35.8. The zero-order valence-electron chi connectivity index (χ0n) is 14.8. The fourth-order valence-electron chi connectivity index (χ4n) is 2.76. The first-order chi connectivity index (χ1) is 9.99. The molecule has 132 valence electrons. The molecule has 0 unspecified atom stereocenters. The van der Waals surface area contributed by atoms with Crippen molar-refractivity contribution in [3.8, 4) is 0 Å². The average Bonchev–Trinajstić information content (AvgIpc) is 2.27. The Balaban J connectivity index is 2.40. The van der Waals surface area contributed by atoms with E-state index in [2.05, 4.69) is 9.80 Å². The predicted molar refractivity (Wildman–Crippen MR) is 92.4 cm³/mol. The molecule has 0 amide bonds. The van der Waals surface area contributed by atoms with Crippen molar-refractivity contribution >= 4 is 14.7 Å². The molecule has 0 radical (unpaired) electrons. The van der Waals surface area contributed by atoms with E-state index >= 15 is 0 Å². The van der Waals surface area contributed by atoms with Gasteiger partial charge >= 0.3 is 0 Å². The molecule has 0 aromatic heterocycles. The normalized spacial score (nSPS) is 23.6. The van der Waals surface area contributed by atoms with Crippen LogP contribution in [-0.4, -0.2) is 74.1 Å². The lowest BCUT2D eigenvalue weighted by Gasteiger charge is -2.36. The highest BCUT2D eigenvalue weighted by Crippen LogP contribution is 2.46. The van der Waals surface area contributed by atoms with Gasteiger partial charge in [-0.25, -0.2) is 0 Å². The second-order valence-electron chi connectivity index (χ2n) is 6.86. The molecule has 8 heteroatoms. The Kier molecular flexibility index (Phi) is 7.78. The van der Waals surface area contributed by atoms with E-state index in [9.17, 15) is 9.13 Å². The number of nitrogens with zero attached hydrogens (tertiary/aromatic N) is 2. The van der Waals surface area contributed by atoms with E-state index < -0.39 is 14.7 Å². The first kappa shape index (κ1) is 20.3. The quantitative estimate of drug-likeness (QED) is 0.624. The molecule has 0 saturated carbocycles. The van der Waals surface area contributed by atoms with Crippen LogP contribution in [0.25, 0.3) is 0 Å². The largest absolute Gasteiger partial charge is 0.325 e. The smallest absolute Gasteiger partial charge is 0.213 e. The van der Waals surface area contributed by atoms with Gasteiger partial charge in [-0.15, -0.1) is 0 Å². The molecule has 6 nitrogen and oxygen atoms in total. The minimum Gasteiger partial charge on any atom is -0.325 e. The molecule has 0 aliphatic carbocycles. The summed E-state index contributed by atoms with van der Waals surface area (Å²) in [6, 6.07) is 0. The SMILES string of the molecule is CC(C)O[P@@](C)(=O)CN1CCN(C[P@@](C)(=O)OC(C)C)CC1. The van der Waals surface area contributed by atoms with Crippen LogP contribution in [0.15, 0.2) is 0 Å². The third-order valence-electron chi connectivity index (χ3n) is 3.25. The summed E-state index contributed by atoms with van der Waals surface area (Å²) in [6.45, 7) is 14.3. The first-order valence-electron chi connectivity index (χ1n) is 7.94. The maximum Gasteiger partial charge on any atom is 0.213 e. The fourth-order valence-corrected chi connectivity index (χ4v) is 6.69. The Morgan fingerprint density at radius 2 is 1.05 bits per heavy atom. The molecule has 2 atom stereocenters. The molecule has 0 spiro atoms. The number of hydrogen-bond acceptors (Lipinski definition) is 6. The second-order valence-corrected chi connectivity index (χ2v) is 11.9. The molecule has 0 aromatic rings. The van der Waals surface area contributed by atoms with Crippen molar-refractivity contribution in [2.45, 2.75) is 39.9 Å². The predicted octanol–water partition coefficient (Wildman–Crippen LogP) is 3.18. The highest BCUT2D eigenvalue weighted by Gasteiger charge is 2.28. The molecular weight excluding hydrogens is 322 g/mol. The van der Waals surface area contributed by atoms with Gasteiger partial charge in [0.15, 0.2) is 0 Å². The van der Waals surface area contributed by atoms with Crippen LogP contribution in [0.3, 0.4) is 0 Å². The first-order valence-corrected chi connectivity index (χ1v) is 12.4. The van der Waals surface area contributed by atoms with Crippen molar-refractivity contribution in [1.29, 1.82) is 0 Å². The highest BCUT2D eigenvalue weighted by molar-refractivity contribution is 7.58. The Bertz CT molecular complexity index is 395. The molecule has 1 fully saturated rings. The summed E-state index contributed by atoms with van der Waals surface area (Å²) in [4.78, 5) is 4.34. The summed E-state index contributed by atoms with van der Waals surface area (Å²) >= 11 is 0. The van der Waals surface area contributed by atoms with Crippen LogP contribution >= 0.6 is 14.7 Å². The van der Waals surface area contributed by atoms with Crippen LogP contribution < -0.4 is 0 Å². The van der Waals surface area contributed by atoms with Crippen LogP contribution in [0.1, 0.15) is 27.7 Å². The van der Waals surface area contributed by atoms with Gasteiger partial charge in [-0.2, -0.15) is 0 Å². The minimum absolute atomic E-state index is 0.0173. The zero-order chi connectivity index (χ0) is 17.0. The number of piperazine rings is 1. The third-order valence-corrected chi connectivity index (χ3v) is 6.81. The summed E-state index contributed by atoms with van der Waals surface area (Å²) in [7, 11) is -5.14. The standard InChI is InChI=1S/C14H32N2O4P2/c1-13(2)19-21(5,17)11-15-7-9-16(10-8-15)12-22(6,18)20-14(3)4/h13-14H,7-12H2,1-6H3/t21-,22+. The van der Waals surface area contributed by atoms with Gasteiger partial charge in [0.05, 0.1) is 24.8 Å². The minimum atomic E-state index is -2.57. The van der Waals surface area contributed by atoms with Gasteiger partial charge in [0.1, 0.15) is 0 Å². The van der Waals surface area contributed by atoms with Gasteiger partial charge in [-0.3, -0.25) is 18.9 Å². The number of hydrogen-bond donors (Lipinski definition) is 0. The van der Waals surface area contributed by atoms with E-state index in [1.54, 1.807) is 13.3 Å². The fraction of sp³-hybridized carbons (Fsp3) is 1.00. The maximum absolute atomic E-state index is 12.4. The molecule has 0 bridgehead atoms. The van der Waals surface area contributed by atoms with Crippen molar-refractivity contribution in [2.75, 3.05) is 52.1 Å². The molecular formula is C14H32N2O4P2. The van der Waals surface area contributed by atoms with Crippen LogP contribution in [0.4, 0.5) is 0 Å². The molecule has 0 aromatic carbocycles. The highest BCUT2D eigenvalue weighted by atomic mass is 31.2. The van der Waals surface area contributed by atoms with Crippen LogP contribution in [0.5, 0.6) is 0 Å². The lowest BCUT2D eigenvalue weighted by Crippen LogP contribution is -2.46. The molecule has 1 aliphatic rings. The van der Waals surface area contributed by atoms with Gasteiger partial charge in [-0.05, 0) is 27.7 Å². The van der Waals surface area contributed by atoms with Crippen LogP contribution in [-0.2, 0) is 18.2 Å². The van der Waals surface area contributed by atoms with Crippen molar-refractivity contribution in [3.63, 3.8) is 0 Å². The lowest BCUT2D eigenvalue weighted by molar-refractivity contribution is 0.148. The lowest BCUT2D eigenvalue weighted by atomic mass is 10.4. The molecule has 1 aliphatic heterocycles. The molecule has 1 saturated heterocycles. The van der Waals surface area contributed by atoms with Crippen LogP contribution in [0.2, 0.25) is 0 Å². The summed E-state index contributed by atoms with van der Waals surface area (Å²) in [5.41, 5.74) is 0. The van der Waals surface area contributed by atoms with E-state index in [0.29, 0.717) is 12.6 Å². The van der Waals surface area contributed by atoms with Gasteiger partial charge in [0.2, 0.25) is 14.7 Å². The number of rotatable bonds is 8. The molecule has 1 rings (SSSR count). The maximum atomic E-state index is 12.4. The third kappa shape index (κ3) is 8.24. The Morgan fingerprint density at radius 3 is 1.27 bits per heavy atom. The van der Waals surface area contributed by atoms with Crippen LogP contribution in [0, 0.1) is 0 Å². The molecule has 0 N–H and O–H groups in total. The van der Waals surface area contributed by atoms with Gasteiger partial charge < -0.3 is 9.05 Å². The Morgan fingerprint density at radius 1 is 0.773 bits per heavy atom.